The van der Waals surface area contributed by atoms with Crippen molar-refractivity contribution in [2.75, 3.05) is 46.3 Å². The Morgan fingerprint density at radius 2 is 1.93 bits per heavy atom. The predicted molar refractivity (Wildman–Crippen MR) is 127 cm³/mol. The minimum Gasteiger partial charge on any atom is -0.487 e. The number of halogens is 1. The Hall–Kier alpha value is -1.06. The lowest BCUT2D eigenvalue weighted by Crippen LogP contribution is -2.64. The molecule has 6 nitrogen and oxygen atoms in total. The Bertz CT molecular complexity index is 728. The molecular weight excluding hydrogens is 477 g/mol. The van der Waals surface area contributed by atoms with Crippen LogP contribution in [-0.2, 0) is 0 Å². The van der Waals surface area contributed by atoms with Crippen molar-refractivity contribution in [1.82, 2.24) is 20.4 Å². The monoisotopic (exact) mass is 511 g/mol. The van der Waals surface area contributed by atoms with Crippen LogP contribution in [0.15, 0.2) is 29.3 Å². The lowest BCUT2D eigenvalue weighted by Gasteiger charge is -2.47. The number of aliphatic imine (C=N–C) groups is 1. The van der Waals surface area contributed by atoms with Gasteiger partial charge in [-0.3, -0.25) is 14.8 Å². The smallest absolute Gasteiger partial charge is 0.191 e. The number of guanidine groups is 1. The molecule has 160 valence electrons. The van der Waals surface area contributed by atoms with Gasteiger partial charge in [0.25, 0.3) is 0 Å². The maximum absolute atomic E-state index is 6.50. The summed E-state index contributed by atoms with van der Waals surface area (Å²) in [6.45, 7) is 6.98. The van der Waals surface area contributed by atoms with E-state index in [2.05, 4.69) is 49.7 Å². The first-order valence-electron chi connectivity index (χ1n) is 11.0. The highest BCUT2D eigenvalue weighted by Gasteiger charge is 2.43. The number of fused-ring (bicyclic) bond motifs is 4. The van der Waals surface area contributed by atoms with Crippen LogP contribution in [0, 0.1) is 0 Å². The van der Waals surface area contributed by atoms with E-state index >= 15 is 0 Å². The Morgan fingerprint density at radius 3 is 2.62 bits per heavy atom. The normalized spacial score (nSPS) is 32.2. The molecule has 2 unspecified atom stereocenters. The summed E-state index contributed by atoms with van der Waals surface area (Å²) in [5.74, 6) is 1.96. The molecule has 1 saturated carbocycles. The maximum Gasteiger partial charge on any atom is 0.191 e. The van der Waals surface area contributed by atoms with Gasteiger partial charge in [0.2, 0.25) is 0 Å². The highest BCUT2D eigenvalue weighted by Crippen LogP contribution is 2.46. The van der Waals surface area contributed by atoms with Gasteiger partial charge < -0.3 is 15.4 Å². The third-order valence-corrected chi connectivity index (χ3v) is 7.14. The molecule has 4 fully saturated rings. The number of nitrogens with one attached hydrogen (secondary N) is 2. The number of piperazine rings is 3. The van der Waals surface area contributed by atoms with Crippen LogP contribution >= 0.6 is 24.0 Å². The van der Waals surface area contributed by atoms with Crippen LogP contribution in [0.5, 0.6) is 5.75 Å². The first kappa shape index (κ1) is 21.2. The molecule has 0 amide bonds. The van der Waals surface area contributed by atoms with E-state index in [4.69, 9.17) is 4.74 Å². The molecule has 5 aliphatic rings. The molecule has 4 aliphatic heterocycles. The molecule has 2 bridgehead atoms. The second-order valence-corrected chi connectivity index (χ2v) is 8.87. The second kappa shape index (κ2) is 8.98. The van der Waals surface area contributed by atoms with Crippen molar-refractivity contribution in [3.63, 3.8) is 0 Å². The first-order valence-corrected chi connectivity index (χ1v) is 11.0. The summed E-state index contributed by atoms with van der Waals surface area (Å²) >= 11 is 0. The van der Waals surface area contributed by atoms with E-state index in [0.29, 0.717) is 6.04 Å². The quantitative estimate of drug-likeness (QED) is 0.372. The van der Waals surface area contributed by atoms with Crippen molar-refractivity contribution < 1.29 is 4.74 Å². The van der Waals surface area contributed by atoms with E-state index in [1.54, 1.807) is 0 Å². The van der Waals surface area contributed by atoms with E-state index in [9.17, 15) is 0 Å². The van der Waals surface area contributed by atoms with Crippen molar-refractivity contribution in [2.45, 2.75) is 49.8 Å². The fourth-order valence-corrected chi connectivity index (χ4v) is 5.56. The van der Waals surface area contributed by atoms with Gasteiger partial charge in [-0.2, -0.15) is 0 Å². The summed E-state index contributed by atoms with van der Waals surface area (Å²) in [7, 11) is 1.88. The lowest BCUT2D eigenvalue weighted by atomic mass is 9.86. The van der Waals surface area contributed by atoms with Gasteiger partial charge in [0.15, 0.2) is 5.96 Å². The van der Waals surface area contributed by atoms with Crippen molar-refractivity contribution in [3.05, 3.63) is 29.8 Å². The fraction of sp³-hybridized carbons (Fsp3) is 0.682. The van der Waals surface area contributed by atoms with Crippen LogP contribution in [0.1, 0.15) is 43.7 Å². The molecule has 1 aromatic carbocycles. The van der Waals surface area contributed by atoms with Gasteiger partial charge >= 0.3 is 0 Å². The Morgan fingerprint density at radius 1 is 1.17 bits per heavy atom. The summed E-state index contributed by atoms with van der Waals surface area (Å²) in [6.07, 6.45) is 5.90. The zero-order valence-electron chi connectivity index (χ0n) is 17.4. The van der Waals surface area contributed by atoms with Crippen molar-refractivity contribution in [1.29, 1.82) is 0 Å². The second-order valence-electron chi connectivity index (χ2n) is 8.87. The van der Waals surface area contributed by atoms with Gasteiger partial charge in [-0.05, 0) is 31.7 Å². The summed E-state index contributed by atoms with van der Waals surface area (Å²) in [5.41, 5.74) is 1.27. The number of ether oxygens (including phenoxy) is 1. The lowest BCUT2D eigenvalue weighted by molar-refractivity contribution is 0.0153. The molecule has 7 heteroatoms. The predicted octanol–water partition coefficient (Wildman–Crippen LogP) is 2.61. The van der Waals surface area contributed by atoms with E-state index in [0.717, 1.165) is 24.7 Å². The Kier molecular flexibility index (Phi) is 6.56. The van der Waals surface area contributed by atoms with Gasteiger partial charge in [-0.1, -0.05) is 18.2 Å². The Balaban J connectivity index is 0.00000205. The van der Waals surface area contributed by atoms with Crippen LogP contribution in [0.25, 0.3) is 0 Å². The zero-order valence-corrected chi connectivity index (χ0v) is 19.7. The molecular formula is C22H34IN5O. The zero-order chi connectivity index (χ0) is 19.0. The van der Waals surface area contributed by atoms with E-state index in [1.807, 2.05) is 7.05 Å². The molecule has 0 aromatic heterocycles. The highest BCUT2D eigenvalue weighted by molar-refractivity contribution is 14.0. The standard InChI is InChI=1S/C22H33N5O.HI/c1-23-21(24-15-17-16-26-10-12-27(17)13-11-26)25-19-14-22(8-4-5-9-22)28-20-7-3-2-6-18(19)20;/h2-3,6-7,17,19H,4-5,8-16H2,1H3,(H2,23,24,25);1H. The third kappa shape index (κ3) is 4.37. The molecule has 2 N–H and O–H groups in total. The number of nitrogens with zero attached hydrogens (tertiary/aromatic N) is 3. The largest absolute Gasteiger partial charge is 0.487 e. The number of rotatable bonds is 3. The topological polar surface area (TPSA) is 52.1 Å². The number of hydrogen-bond acceptors (Lipinski definition) is 4. The number of benzene rings is 1. The molecule has 1 aromatic rings. The van der Waals surface area contributed by atoms with E-state index in [1.165, 1.54) is 64.0 Å². The van der Waals surface area contributed by atoms with Gasteiger partial charge in [-0.25, -0.2) is 0 Å². The third-order valence-electron chi connectivity index (χ3n) is 7.14. The molecule has 1 aliphatic carbocycles. The van der Waals surface area contributed by atoms with Crippen molar-refractivity contribution >= 4 is 29.9 Å². The van der Waals surface area contributed by atoms with Crippen LogP contribution in [0.4, 0.5) is 0 Å². The molecule has 0 radical (unpaired) electrons. The van der Waals surface area contributed by atoms with Gasteiger partial charge in [-0.15, -0.1) is 24.0 Å². The molecule has 3 saturated heterocycles. The van der Waals surface area contributed by atoms with Crippen molar-refractivity contribution in [3.8, 4) is 5.75 Å². The van der Waals surface area contributed by atoms with Crippen LogP contribution in [0.3, 0.4) is 0 Å². The van der Waals surface area contributed by atoms with Crippen LogP contribution in [0.2, 0.25) is 0 Å². The van der Waals surface area contributed by atoms with Crippen molar-refractivity contribution in [2.24, 2.45) is 4.99 Å². The molecule has 4 heterocycles. The molecule has 6 rings (SSSR count). The molecule has 29 heavy (non-hydrogen) atoms. The SMILES string of the molecule is CN=C(NCC1CN2CCN1CC2)NC1CC2(CCCC2)Oc2ccccc21.I. The summed E-state index contributed by atoms with van der Waals surface area (Å²) in [6, 6.07) is 9.35. The molecule has 2 atom stereocenters. The molecule has 1 spiro atoms. The maximum atomic E-state index is 6.50. The first-order chi connectivity index (χ1) is 13.7. The fourth-order valence-electron chi connectivity index (χ4n) is 5.56. The van der Waals surface area contributed by atoms with Crippen LogP contribution < -0.4 is 15.4 Å². The average Bonchev–Trinajstić information content (AvgIpc) is 3.19. The number of para-hydroxylation sites is 1. The Labute approximate surface area is 191 Å². The van der Waals surface area contributed by atoms with Gasteiger partial charge in [0.1, 0.15) is 11.4 Å². The summed E-state index contributed by atoms with van der Waals surface area (Å²) < 4.78 is 6.50. The summed E-state index contributed by atoms with van der Waals surface area (Å²) in [5, 5.41) is 7.33. The van der Waals surface area contributed by atoms with Crippen LogP contribution in [-0.4, -0.2) is 73.7 Å². The minimum atomic E-state index is 0. The average molecular weight is 511 g/mol. The highest BCUT2D eigenvalue weighted by atomic mass is 127. The minimum absolute atomic E-state index is 0. The summed E-state index contributed by atoms with van der Waals surface area (Å²) in [4.78, 5) is 9.75. The van der Waals surface area contributed by atoms with E-state index in [-0.39, 0.29) is 35.6 Å². The van der Waals surface area contributed by atoms with Gasteiger partial charge in [0.05, 0.1) is 6.04 Å². The number of hydrogen-bond donors (Lipinski definition) is 2. The van der Waals surface area contributed by atoms with Gasteiger partial charge in [0, 0.05) is 64.3 Å². The van der Waals surface area contributed by atoms with E-state index < -0.39 is 0 Å².